The maximum absolute atomic E-state index is 12.4. The third-order valence-electron chi connectivity index (χ3n) is 4.10. The molecule has 0 spiro atoms. The fourth-order valence-corrected chi connectivity index (χ4v) is 3.43. The Kier molecular flexibility index (Phi) is 6.33. The van der Waals surface area contributed by atoms with Gasteiger partial charge in [0.15, 0.2) is 0 Å². The minimum Gasteiger partial charge on any atom is -0.354 e. The molecule has 0 aliphatic heterocycles. The summed E-state index contributed by atoms with van der Waals surface area (Å²) in [7, 11) is 4.05. The van der Waals surface area contributed by atoms with E-state index in [0.29, 0.717) is 6.54 Å². The number of likely N-dealkylation sites (N-methyl/N-ethyl adjacent to an activating group) is 1. The zero-order valence-corrected chi connectivity index (χ0v) is 14.7. The Bertz CT molecular complexity index is 598. The zero-order chi connectivity index (χ0) is 16.8. The molecule has 124 valence electrons. The van der Waals surface area contributed by atoms with Crippen LogP contribution in [-0.2, 0) is 4.79 Å². The highest BCUT2D eigenvalue weighted by Crippen LogP contribution is 2.23. The Morgan fingerprint density at radius 1 is 1.22 bits per heavy atom. The van der Waals surface area contributed by atoms with Crippen molar-refractivity contribution in [1.82, 2.24) is 10.2 Å². The number of thiophene rings is 1. The fraction of sp³-hybridized carbons (Fsp3) is 0.389. The maximum Gasteiger partial charge on any atom is 0.224 e. The third-order valence-corrected chi connectivity index (χ3v) is 5.07. The molecule has 4 nitrogen and oxygen atoms in total. The lowest BCUT2D eigenvalue weighted by molar-refractivity contribution is -0.125. The van der Waals surface area contributed by atoms with Gasteiger partial charge in [-0.15, -0.1) is 11.3 Å². The van der Waals surface area contributed by atoms with Gasteiger partial charge in [0, 0.05) is 17.5 Å². The van der Waals surface area contributed by atoms with E-state index in [1.807, 2.05) is 57.4 Å². The van der Waals surface area contributed by atoms with Crippen LogP contribution in [0.4, 0.5) is 0 Å². The topological polar surface area (TPSA) is 58.4 Å². The van der Waals surface area contributed by atoms with Crippen molar-refractivity contribution >= 4 is 17.2 Å². The maximum atomic E-state index is 12.4. The molecule has 2 aromatic rings. The Morgan fingerprint density at radius 3 is 2.48 bits per heavy atom. The van der Waals surface area contributed by atoms with E-state index in [1.54, 1.807) is 11.3 Å². The molecule has 0 bridgehead atoms. The van der Waals surface area contributed by atoms with Crippen LogP contribution in [0.1, 0.15) is 29.4 Å². The molecule has 1 amide bonds. The van der Waals surface area contributed by atoms with Gasteiger partial charge < -0.3 is 16.0 Å². The lowest BCUT2D eigenvalue weighted by Crippen LogP contribution is -2.39. The predicted molar refractivity (Wildman–Crippen MR) is 96.3 cm³/mol. The van der Waals surface area contributed by atoms with E-state index in [1.165, 1.54) is 4.88 Å². The van der Waals surface area contributed by atoms with Gasteiger partial charge in [0.2, 0.25) is 5.91 Å². The Hall–Kier alpha value is -1.69. The normalized spacial score (nSPS) is 15.2. The average molecular weight is 331 g/mol. The molecule has 5 heteroatoms. The summed E-state index contributed by atoms with van der Waals surface area (Å²) in [6.07, 6.45) is 0. The Labute approximate surface area is 142 Å². The second-order valence-corrected chi connectivity index (χ2v) is 6.94. The molecule has 0 fully saturated rings. The summed E-state index contributed by atoms with van der Waals surface area (Å²) >= 11 is 1.70. The van der Waals surface area contributed by atoms with Gasteiger partial charge in [-0.1, -0.05) is 43.3 Å². The molecule has 23 heavy (non-hydrogen) atoms. The van der Waals surface area contributed by atoms with Crippen molar-refractivity contribution in [1.29, 1.82) is 0 Å². The van der Waals surface area contributed by atoms with Crippen molar-refractivity contribution in [2.75, 3.05) is 20.6 Å². The van der Waals surface area contributed by atoms with Gasteiger partial charge in [-0.3, -0.25) is 4.79 Å². The number of hydrogen-bond acceptors (Lipinski definition) is 4. The van der Waals surface area contributed by atoms with Gasteiger partial charge in [0.1, 0.15) is 0 Å². The number of nitrogens with zero attached hydrogens (tertiary/aromatic N) is 1. The third kappa shape index (κ3) is 4.64. The SMILES string of the molecule is CC(C(=O)NCC(c1cccs1)N(C)C)C(N)c1ccccc1. The van der Waals surface area contributed by atoms with Crippen molar-refractivity contribution in [2.24, 2.45) is 11.7 Å². The van der Waals surface area contributed by atoms with Crippen molar-refractivity contribution in [3.05, 3.63) is 58.3 Å². The van der Waals surface area contributed by atoms with E-state index in [4.69, 9.17) is 5.73 Å². The molecule has 0 saturated heterocycles. The minimum absolute atomic E-state index is 0.00948. The van der Waals surface area contributed by atoms with Crippen LogP contribution in [0.5, 0.6) is 0 Å². The second-order valence-electron chi connectivity index (χ2n) is 5.97. The number of rotatable bonds is 7. The summed E-state index contributed by atoms with van der Waals surface area (Å²) in [5, 5.41) is 5.11. The Balaban J connectivity index is 1.95. The van der Waals surface area contributed by atoms with Crippen LogP contribution in [0.15, 0.2) is 47.8 Å². The van der Waals surface area contributed by atoms with Crippen molar-refractivity contribution < 1.29 is 4.79 Å². The molecule has 0 radical (unpaired) electrons. The predicted octanol–water partition coefficient (Wildman–Crippen LogP) is 2.80. The van der Waals surface area contributed by atoms with Crippen molar-refractivity contribution in [3.8, 4) is 0 Å². The quantitative estimate of drug-likeness (QED) is 0.820. The molecule has 1 aromatic carbocycles. The molecule has 3 N–H and O–H groups in total. The van der Waals surface area contributed by atoms with Crippen LogP contribution in [0.25, 0.3) is 0 Å². The summed E-state index contributed by atoms with van der Waals surface area (Å²) < 4.78 is 0. The largest absolute Gasteiger partial charge is 0.354 e. The van der Waals surface area contributed by atoms with Crippen LogP contribution in [0.3, 0.4) is 0 Å². The highest BCUT2D eigenvalue weighted by Gasteiger charge is 2.23. The number of carbonyl (C=O) groups is 1. The monoisotopic (exact) mass is 331 g/mol. The molecule has 3 atom stereocenters. The highest BCUT2D eigenvalue weighted by atomic mass is 32.1. The van der Waals surface area contributed by atoms with Crippen molar-refractivity contribution in [3.63, 3.8) is 0 Å². The minimum atomic E-state index is -0.296. The molecule has 0 aliphatic rings. The summed E-state index contributed by atoms with van der Waals surface area (Å²) in [6, 6.07) is 13.8. The molecule has 1 aromatic heterocycles. The number of nitrogens with two attached hydrogens (primary N) is 1. The number of hydrogen-bond donors (Lipinski definition) is 2. The number of amides is 1. The van der Waals surface area contributed by atoms with Gasteiger partial charge in [0.05, 0.1) is 12.0 Å². The first kappa shape index (κ1) is 17.7. The highest BCUT2D eigenvalue weighted by molar-refractivity contribution is 7.10. The van der Waals surface area contributed by atoms with Crippen LogP contribution in [0.2, 0.25) is 0 Å². The van der Waals surface area contributed by atoms with E-state index in [-0.39, 0.29) is 23.9 Å². The van der Waals surface area contributed by atoms with Gasteiger partial charge in [-0.25, -0.2) is 0 Å². The lowest BCUT2D eigenvalue weighted by atomic mass is 9.94. The summed E-state index contributed by atoms with van der Waals surface area (Å²) in [5.41, 5.74) is 7.21. The summed E-state index contributed by atoms with van der Waals surface area (Å²) in [6.45, 7) is 2.46. The van der Waals surface area contributed by atoms with E-state index >= 15 is 0 Å². The lowest BCUT2D eigenvalue weighted by Gasteiger charge is -2.25. The van der Waals surface area contributed by atoms with Crippen LogP contribution in [0, 0.1) is 5.92 Å². The number of benzene rings is 1. The van der Waals surface area contributed by atoms with E-state index < -0.39 is 0 Å². The van der Waals surface area contributed by atoms with Crippen LogP contribution in [-0.4, -0.2) is 31.4 Å². The van der Waals surface area contributed by atoms with E-state index in [0.717, 1.165) is 5.56 Å². The molecule has 1 heterocycles. The van der Waals surface area contributed by atoms with Gasteiger partial charge in [-0.05, 0) is 31.1 Å². The Morgan fingerprint density at radius 2 is 1.91 bits per heavy atom. The van der Waals surface area contributed by atoms with Crippen LogP contribution < -0.4 is 11.1 Å². The summed E-state index contributed by atoms with van der Waals surface area (Å²) in [4.78, 5) is 15.8. The average Bonchev–Trinajstić information content (AvgIpc) is 3.08. The first-order valence-electron chi connectivity index (χ1n) is 7.78. The van der Waals surface area contributed by atoms with E-state index in [9.17, 15) is 4.79 Å². The van der Waals surface area contributed by atoms with Gasteiger partial charge in [-0.2, -0.15) is 0 Å². The van der Waals surface area contributed by atoms with Gasteiger partial charge >= 0.3 is 0 Å². The molecule has 2 rings (SSSR count). The molecular weight excluding hydrogens is 306 g/mol. The number of carbonyl (C=O) groups excluding carboxylic acids is 1. The van der Waals surface area contributed by atoms with Crippen molar-refractivity contribution in [2.45, 2.75) is 19.0 Å². The first-order chi connectivity index (χ1) is 11.0. The molecule has 0 saturated carbocycles. The molecular formula is C18H25N3OS. The standard InChI is InChI=1S/C18H25N3OS/c1-13(17(19)14-8-5-4-6-9-14)18(22)20-12-15(21(2)3)16-10-7-11-23-16/h4-11,13,15,17H,12,19H2,1-3H3,(H,20,22). The zero-order valence-electron chi connectivity index (χ0n) is 13.9. The number of nitrogens with one attached hydrogen (secondary N) is 1. The first-order valence-corrected chi connectivity index (χ1v) is 8.66. The van der Waals surface area contributed by atoms with Crippen LogP contribution >= 0.6 is 11.3 Å². The molecule has 0 aliphatic carbocycles. The summed E-state index contributed by atoms with van der Waals surface area (Å²) in [5.74, 6) is -0.284. The van der Waals surface area contributed by atoms with E-state index in [2.05, 4.69) is 21.7 Å². The smallest absolute Gasteiger partial charge is 0.224 e. The second kappa shape index (κ2) is 8.24. The fourth-order valence-electron chi connectivity index (χ4n) is 2.50. The van der Waals surface area contributed by atoms with Gasteiger partial charge in [0.25, 0.3) is 0 Å². The molecule has 3 unspecified atom stereocenters.